The quantitative estimate of drug-likeness (QED) is 0.793. The fourth-order valence-electron chi connectivity index (χ4n) is 1.52. The molecule has 0 saturated heterocycles. The Morgan fingerprint density at radius 2 is 2.18 bits per heavy atom. The number of carbonyl (C=O) groups is 1. The van der Waals surface area contributed by atoms with Crippen molar-refractivity contribution in [3.63, 3.8) is 0 Å². The van der Waals surface area contributed by atoms with Crippen LogP contribution in [0.15, 0.2) is 39.5 Å². The zero-order chi connectivity index (χ0) is 12.3. The van der Waals surface area contributed by atoms with Crippen molar-refractivity contribution in [1.29, 1.82) is 0 Å². The zero-order valence-corrected chi connectivity index (χ0v) is 11.7. The van der Waals surface area contributed by atoms with Crippen LogP contribution in [-0.2, 0) is 0 Å². The number of hydrogen-bond acceptors (Lipinski definition) is 3. The van der Waals surface area contributed by atoms with Gasteiger partial charge in [0.25, 0.3) is 0 Å². The van der Waals surface area contributed by atoms with Crippen LogP contribution in [0.4, 0.5) is 0 Å². The molecule has 0 aliphatic rings. The Morgan fingerprint density at radius 3 is 2.82 bits per heavy atom. The predicted molar refractivity (Wildman–Crippen MR) is 73.1 cm³/mol. The summed E-state index contributed by atoms with van der Waals surface area (Å²) in [5.41, 5.74) is 1.30. The van der Waals surface area contributed by atoms with Crippen LogP contribution in [0.5, 0.6) is 5.75 Å². The maximum atomic E-state index is 12.3. The molecule has 0 N–H and O–H groups in total. The van der Waals surface area contributed by atoms with Crippen molar-refractivity contribution in [2.75, 3.05) is 6.61 Å². The van der Waals surface area contributed by atoms with Crippen LogP contribution in [0.2, 0.25) is 0 Å². The van der Waals surface area contributed by atoms with E-state index in [9.17, 15) is 4.79 Å². The molecule has 0 radical (unpaired) electrons. The first-order valence-corrected chi connectivity index (χ1v) is 6.90. The van der Waals surface area contributed by atoms with Crippen LogP contribution >= 0.6 is 27.3 Å². The molecule has 0 bridgehead atoms. The number of para-hydroxylation sites is 1. The van der Waals surface area contributed by atoms with Gasteiger partial charge in [-0.15, -0.1) is 11.3 Å². The first-order chi connectivity index (χ1) is 8.22. The average Bonchev–Trinajstić information content (AvgIpc) is 2.76. The number of carbonyl (C=O) groups excluding carboxylic acids is 1. The number of ether oxygens (including phenoxy) is 1. The smallest absolute Gasteiger partial charge is 0.197 e. The molecular formula is C13H11BrO2S. The first kappa shape index (κ1) is 12.3. The molecular weight excluding hydrogens is 300 g/mol. The Morgan fingerprint density at radius 1 is 1.41 bits per heavy atom. The van der Waals surface area contributed by atoms with Crippen LogP contribution in [0.25, 0.3) is 0 Å². The van der Waals surface area contributed by atoms with E-state index < -0.39 is 0 Å². The van der Waals surface area contributed by atoms with E-state index in [-0.39, 0.29) is 5.78 Å². The molecule has 2 aromatic rings. The second-order valence-corrected chi connectivity index (χ2v) is 5.69. The normalized spacial score (nSPS) is 10.2. The van der Waals surface area contributed by atoms with Gasteiger partial charge in [0, 0.05) is 10.9 Å². The third-order valence-corrected chi connectivity index (χ3v) is 3.77. The lowest BCUT2D eigenvalue weighted by atomic mass is 10.1. The third-order valence-electron chi connectivity index (χ3n) is 2.26. The molecule has 17 heavy (non-hydrogen) atoms. The minimum Gasteiger partial charge on any atom is -0.493 e. The number of benzene rings is 1. The van der Waals surface area contributed by atoms with Crippen molar-refractivity contribution in [2.24, 2.45) is 0 Å². The van der Waals surface area contributed by atoms with Gasteiger partial charge in [0.15, 0.2) is 5.78 Å². The molecule has 0 atom stereocenters. The maximum Gasteiger partial charge on any atom is 0.197 e. The Kier molecular flexibility index (Phi) is 3.97. The second-order valence-electron chi connectivity index (χ2n) is 3.40. The first-order valence-electron chi connectivity index (χ1n) is 5.23. The summed E-state index contributed by atoms with van der Waals surface area (Å²) in [7, 11) is 0. The van der Waals surface area contributed by atoms with Crippen LogP contribution in [0, 0.1) is 0 Å². The molecule has 4 heteroatoms. The largest absolute Gasteiger partial charge is 0.493 e. The third kappa shape index (κ3) is 2.76. The number of thiophene rings is 1. The van der Waals surface area contributed by atoms with Crippen molar-refractivity contribution >= 4 is 33.0 Å². The molecule has 0 amide bonds. The lowest BCUT2D eigenvalue weighted by Crippen LogP contribution is -2.04. The van der Waals surface area contributed by atoms with Crippen LogP contribution in [0.1, 0.15) is 22.8 Å². The van der Waals surface area contributed by atoms with Gasteiger partial charge in [0.1, 0.15) is 5.75 Å². The van der Waals surface area contributed by atoms with E-state index in [0.717, 1.165) is 3.79 Å². The summed E-state index contributed by atoms with van der Waals surface area (Å²) >= 11 is 4.86. The molecule has 2 nitrogen and oxygen atoms in total. The second kappa shape index (κ2) is 5.47. The summed E-state index contributed by atoms with van der Waals surface area (Å²) < 4.78 is 6.41. The van der Waals surface area contributed by atoms with Crippen molar-refractivity contribution in [3.05, 3.63) is 50.6 Å². The van der Waals surface area contributed by atoms with Crippen molar-refractivity contribution in [1.82, 2.24) is 0 Å². The molecule has 0 aliphatic heterocycles. The highest BCUT2D eigenvalue weighted by Gasteiger charge is 2.15. The Hall–Kier alpha value is -1.13. The number of hydrogen-bond donors (Lipinski definition) is 0. The number of halogens is 1. The Labute approximate surface area is 112 Å². The SMILES string of the molecule is CCOc1ccccc1C(=O)c1csc(Br)c1. The number of rotatable bonds is 4. The van der Waals surface area contributed by atoms with Gasteiger partial charge < -0.3 is 4.74 Å². The van der Waals surface area contributed by atoms with Crippen molar-refractivity contribution in [3.8, 4) is 5.75 Å². The fourth-order valence-corrected chi connectivity index (χ4v) is 2.66. The lowest BCUT2D eigenvalue weighted by molar-refractivity contribution is 0.103. The average molecular weight is 311 g/mol. The minimum atomic E-state index is -0.00370. The summed E-state index contributed by atoms with van der Waals surface area (Å²) in [5, 5.41) is 1.84. The zero-order valence-electron chi connectivity index (χ0n) is 9.27. The van der Waals surface area contributed by atoms with E-state index in [2.05, 4.69) is 15.9 Å². The monoisotopic (exact) mass is 310 g/mol. The highest BCUT2D eigenvalue weighted by Crippen LogP contribution is 2.26. The topological polar surface area (TPSA) is 26.3 Å². The van der Waals surface area contributed by atoms with Gasteiger partial charge in [-0.25, -0.2) is 0 Å². The summed E-state index contributed by atoms with van der Waals surface area (Å²) in [6, 6.07) is 9.15. The highest BCUT2D eigenvalue weighted by atomic mass is 79.9. The molecule has 0 unspecified atom stereocenters. The number of ketones is 1. The van der Waals surface area contributed by atoms with E-state index in [1.165, 1.54) is 11.3 Å². The summed E-state index contributed by atoms with van der Waals surface area (Å²) in [4.78, 5) is 12.3. The molecule has 0 saturated carbocycles. The molecule has 0 fully saturated rings. The van der Waals surface area contributed by atoms with Gasteiger partial charge in [-0.1, -0.05) is 12.1 Å². The highest BCUT2D eigenvalue weighted by molar-refractivity contribution is 9.11. The van der Waals surface area contributed by atoms with E-state index in [1.807, 2.05) is 36.6 Å². The molecule has 1 aromatic carbocycles. The molecule has 2 rings (SSSR count). The van der Waals surface area contributed by atoms with E-state index in [0.29, 0.717) is 23.5 Å². The van der Waals surface area contributed by atoms with Crippen LogP contribution in [0.3, 0.4) is 0 Å². The Balaban J connectivity index is 2.36. The van der Waals surface area contributed by atoms with Crippen LogP contribution < -0.4 is 4.74 Å². The lowest BCUT2D eigenvalue weighted by Gasteiger charge is -2.07. The molecule has 88 valence electrons. The summed E-state index contributed by atoms with van der Waals surface area (Å²) in [6.45, 7) is 2.46. The standard InChI is InChI=1S/C13H11BrO2S/c1-2-16-11-6-4-3-5-10(11)13(15)9-7-12(14)17-8-9/h3-8H,2H2,1H3. The van der Waals surface area contributed by atoms with E-state index in [4.69, 9.17) is 4.74 Å². The van der Waals surface area contributed by atoms with E-state index in [1.54, 1.807) is 6.07 Å². The van der Waals surface area contributed by atoms with Crippen molar-refractivity contribution in [2.45, 2.75) is 6.92 Å². The molecule has 0 aliphatic carbocycles. The van der Waals surface area contributed by atoms with Crippen LogP contribution in [-0.4, -0.2) is 12.4 Å². The van der Waals surface area contributed by atoms with E-state index >= 15 is 0 Å². The molecule has 1 heterocycles. The predicted octanol–water partition coefficient (Wildman–Crippen LogP) is 4.14. The van der Waals surface area contributed by atoms with Gasteiger partial charge in [-0.05, 0) is 41.1 Å². The summed E-state index contributed by atoms with van der Waals surface area (Å²) in [6.07, 6.45) is 0. The molecule has 1 aromatic heterocycles. The fraction of sp³-hybridized carbons (Fsp3) is 0.154. The summed E-state index contributed by atoms with van der Waals surface area (Å²) in [5.74, 6) is 0.637. The van der Waals surface area contributed by atoms with Gasteiger partial charge in [0.05, 0.1) is 16.0 Å². The van der Waals surface area contributed by atoms with Gasteiger partial charge >= 0.3 is 0 Å². The molecule has 0 spiro atoms. The van der Waals surface area contributed by atoms with Gasteiger partial charge in [-0.2, -0.15) is 0 Å². The minimum absolute atomic E-state index is 0.00370. The van der Waals surface area contributed by atoms with Crippen molar-refractivity contribution < 1.29 is 9.53 Å². The van der Waals surface area contributed by atoms with Gasteiger partial charge in [0.2, 0.25) is 0 Å². The maximum absolute atomic E-state index is 12.3. The Bertz CT molecular complexity index is 534. The van der Waals surface area contributed by atoms with Gasteiger partial charge in [-0.3, -0.25) is 4.79 Å².